The van der Waals surface area contributed by atoms with Crippen molar-refractivity contribution in [3.8, 4) is 0 Å². The molecule has 27 heavy (non-hydrogen) atoms. The summed E-state index contributed by atoms with van der Waals surface area (Å²) in [7, 11) is -3.37. The lowest BCUT2D eigenvalue weighted by molar-refractivity contribution is 0.328. The van der Waals surface area contributed by atoms with Crippen LogP contribution < -0.4 is 0 Å². The zero-order chi connectivity index (χ0) is 18.9. The van der Waals surface area contributed by atoms with E-state index in [4.69, 9.17) is 0 Å². The molecule has 0 amide bonds. The molecular weight excluding hydrogens is 363 g/mol. The predicted octanol–water partition coefficient (Wildman–Crippen LogP) is 3.39. The second kappa shape index (κ2) is 7.70. The van der Waals surface area contributed by atoms with Gasteiger partial charge in [0, 0.05) is 25.7 Å². The molecule has 1 aliphatic carbocycles. The largest absolute Gasteiger partial charge is 0.298 e. The number of halogens is 1. The molecule has 2 aliphatic rings. The van der Waals surface area contributed by atoms with Crippen molar-refractivity contribution in [3.05, 3.63) is 71.5 Å². The smallest absolute Gasteiger partial charge is 0.218 e. The Morgan fingerprint density at radius 1 is 0.963 bits per heavy atom. The van der Waals surface area contributed by atoms with Crippen LogP contribution in [0.2, 0.25) is 0 Å². The van der Waals surface area contributed by atoms with Crippen molar-refractivity contribution in [2.75, 3.05) is 13.1 Å². The van der Waals surface area contributed by atoms with Gasteiger partial charge in [0.1, 0.15) is 5.82 Å². The van der Waals surface area contributed by atoms with Gasteiger partial charge in [-0.15, -0.1) is 0 Å². The van der Waals surface area contributed by atoms with Crippen molar-refractivity contribution in [3.63, 3.8) is 0 Å². The van der Waals surface area contributed by atoms with E-state index in [0.29, 0.717) is 19.5 Å². The van der Waals surface area contributed by atoms with Crippen molar-refractivity contribution in [2.24, 2.45) is 0 Å². The highest BCUT2D eigenvalue weighted by Crippen LogP contribution is 2.34. The molecule has 0 aromatic heterocycles. The molecule has 4 rings (SSSR count). The van der Waals surface area contributed by atoms with E-state index in [2.05, 4.69) is 17.0 Å². The molecule has 1 saturated heterocycles. The number of benzene rings is 2. The maximum atomic E-state index is 13.3. The van der Waals surface area contributed by atoms with Gasteiger partial charge in [0.15, 0.2) is 0 Å². The van der Waals surface area contributed by atoms with E-state index in [1.807, 2.05) is 18.2 Å². The maximum Gasteiger partial charge on any atom is 0.218 e. The summed E-state index contributed by atoms with van der Waals surface area (Å²) in [5.74, 6) is -0.299. The van der Waals surface area contributed by atoms with Gasteiger partial charge in [0.05, 0.1) is 5.25 Å². The van der Waals surface area contributed by atoms with Gasteiger partial charge >= 0.3 is 0 Å². The van der Waals surface area contributed by atoms with Crippen LogP contribution >= 0.6 is 0 Å². The summed E-state index contributed by atoms with van der Waals surface area (Å²) in [4.78, 5) is 2.22. The number of likely N-dealkylation sites (tertiary alicyclic amines) is 1. The third-order valence-corrected chi connectivity index (χ3v) is 7.74. The fourth-order valence-electron chi connectivity index (χ4n) is 3.78. The van der Waals surface area contributed by atoms with Crippen LogP contribution in [0.4, 0.5) is 4.39 Å². The van der Waals surface area contributed by atoms with E-state index in [-0.39, 0.29) is 17.1 Å². The molecule has 1 aliphatic heterocycles. The van der Waals surface area contributed by atoms with E-state index in [9.17, 15) is 12.8 Å². The first-order chi connectivity index (χ1) is 13.0. The molecule has 1 saturated carbocycles. The van der Waals surface area contributed by atoms with Gasteiger partial charge in [0.25, 0.3) is 0 Å². The number of hydrogen-bond acceptors (Lipinski definition) is 3. The second-order valence-corrected chi connectivity index (χ2v) is 9.74. The molecular formula is C21H25FN2O2S. The van der Waals surface area contributed by atoms with Crippen LogP contribution in [0.25, 0.3) is 0 Å². The Kier molecular flexibility index (Phi) is 5.30. The molecule has 4 nitrogen and oxygen atoms in total. The normalized spacial score (nSPS) is 21.0. The average Bonchev–Trinajstić information content (AvgIpc) is 3.39. The summed E-state index contributed by atoms with van der Waals surface area (Å²) >= 11 is 0. The van der Waals surface area contributed by atoms with Crippen molar-refractivity contribution in [1.82, 2.24) is 9.21 Å². The van der Waals surface area contributed by atoms with E-state index in [1.54, 1.807) is 16.4 Å². The summed E-state index contributed by atoms with van der Waals surface area (Å²) in [6.07, 6.45) is 2.50. The molecule has 2 aromatic rings. The maximum absolute atomic E-state index is 13.3. The first kappa shape index (κ1) is 18.6. The zero-order valence-electron chi connectivity index (χ0n) is 15.3. The number of hydrogen-bond donors (Lipinski definition) is 0. The fourth-order valence-corrected chi connectivity index (χ4v) is 5.92. The van der Waals surface area contributed by atoms with Crippen LogP contribution in [0.1, 0.15) is 30.4 Å². The SMILES string of the molecule is O=S(=O)([C@@H]1CCN(Cc2ccccc2)C1)N(Cc1ccc(F)cc1)C1CC1. The van der Waals surface area contributed by atoms with E-state index >= 15 is 0 Å². The van der Waals surface area contributed by atoms with Gasteiger partial charge in [-0.1, -0.05) is 42.5 Å². The monoisotopic (exact) mass is 388 g/mol. The lowest BCUT2D eigenvalue weighted by Gasteiger charge is -2.26. The Morgan fingerprint density at radius 3 is 2.33 bits per heavy atom. The standard InChI is InChI=1S/C21H25FN2O2S/c22-19-8-6-18(7-9-19)15-24(20-10-11-20)27(25,26)21-12-13-23(16-21)14-17-4-2-1-3-5-17/h1-9,20-21H,10-16H2/t21-/m1/s1. The summed E-state index contributed by atoms with van der Waals surface area (Å²) in [5, 5.41) is -0.359. The Labute approximate surface area is 160 Å². The fraction of sp³-hybridized carbons (Fsp3) is 0.429. The van der Waals surface area contributed by atoms with Crippen LogP contribution in [0, 0.1) is 5.82 Å². The third-order valence-electron chi connectivity index (χ3n) is 5.43. The summed E-state index contributed by atoms with van der Waals surface area (Å²) in [6, 6.07) is 16.4. The molecule has 1 atom stereocenters. The molecule has 6 heteroatoms. The molecule has 0 unspecified atom stereocenters. The minimum absolute atomic E-state index is 0.100. The van der Waals surface area contributed by atoms with Crippen molar-refractivity contribution in [1.29, 1.82) is 0 Å². The Bertz CT molecular complexity index is 867. The second-order valence-electron chi connectivity index (χ2n) is 7.58. The summed E-state index contributed by atoms with van der Waals surface area (Å²) in [6.45, 7) is 2.49. The molecule has 1 heterocycles. The topological polar surface area (TPSA) is 40.6 Å². The summed E-state index contributed by atoms with van der Waals surface area (Å²) < 4.78 is 41.4. The van der Waals surface area contributed by atoms with Crippen LogP contribution in [-0.4, -0.2) is 42.0 Å². The minimum Gasteiger partial charge on any atom is -0.298 e. The van der Waals surface area contributed by atoms with Crippen LogP contribution in [0.5, 0.6) is 0 Å². The molecule has 2 fully saturated rings. The highest BCUT2D eigenvalue weighted by molar-refractivity contribution is 7.89. The number of rotatable bonds is 7. The van der Waals surface area contributed by atoms with Crippen molar-refractivity contribution >= 4 is 10.0 Å². The Morgan fingerprint density at radius 2 is 1.67 bits per heavy atom. The highest BCUT2D eigenvalue weighted by atomic mass is 32.2. The van der Waals surface area contributed by atoms with Crippen molar-refractivity contribution in [2.45, 2.75) is 43.6 Å². The zero-order valence-corrected chi connectivity index (χ0v) is 16.1. The van der Waals surface area contributed by atoms with E-state index in [0.717, 1.165) is 31.5 Å². The quantitative estimate of drug-likeness (QED) is 0.730. The lowest BCUT2D eigenvalue weighted by Crippen LogP contribution is -2.41. The first-order valence-electron chi connectivity index (χ1n) is 9.54. The Hall–Kier alpha value is -1.76. The lowest BCUT2D eigenvalue weighted by atomic mass is 10.2. The molecule has 2 aromatic carbocycles. The molecule has 0 radical (unpaired) electrons. The van der Waals surface area contributed by atoms with Gasteiger partial charge in [-0.2, -0.15) is 4.31 Å². The molecule has 144 valence electrons. The van der Waals surface area contributed by atoms with Gasteiger partial charge in [0.2, 0.25) is 10.0 Å². The Balaban J connectivity index is 1.45. The minimum atomic E-state index is -3.37. The van der Waals surface area contributed by atoms with Crippen LogP contribution in [-0.2, 0) is 23.1 Å². The number of sulfonamides is 1. The van der Waals surface area contributed by atoms with Crippen LogP contribution in [0.3, 0.4) is 0 Å². The molecule has 0 spiro atoms. The summed E-state index contributed by atoms with van der Waals surface area (Å²) in [5.41, 5.74) is 2.05. The third kappa shape index (κ3) is 4.39. The first-order valence-corrected chi connectivity index (χ1v) is 11.0. The molecule has 0 N–H and O–H groups in total. The van der Waals surface area contributed by atoms with Gasteiger partial charge in [-0.3, -0.25) is 4.90 Å². The number of nitrogens with zero attached hydrogens (tertiary/aromatic N) is 2. The van der Waals surface area contributed by atoms with Gasteiger partial charge in [-0.25, -0.2) is 12.8 Å². The molecule has 0 bridgehead atoms. The van der Waals surface area contributed by atoms with E-state index in [1.165, 1.54) is 17.7 Å². The highest BCUT2D eigenvalue weighted by Gasteiger charge is 2.43. The predicted molar refractivity (Wildman–Crippen MR) is 104 cm³/mol. The van der Waals surface area contributed by atoms with Gasteiger partial charge in [-0.05, 0) is 49.1 Å². The van der Waals surface area contributed by atoms with Gasteiger partial charge < -0.3 is 0 Å². The van der Waals surface area contributed by atoms with Crippen LogP contribution in [0.15, 0.2) is 54.6 Å². The van der Waals surface area contributed by atoms with Crippen molar-refractivity contribution < 1.29 is 12.8 Å². The van der Waals surface area contributed by atoms with E-state index < -0.39 is 10.0 Å². The average molecular weight is 389 g/mol.